The van der Waals surface area contributed by atoms with Crippen LogP contribution in [0.25, 0.3) is 10.9 Å². The highest BCUT2D eigenvalue weighted by Gasteiger charge is 2.24. The first-order chi connectivity index (χ1) is 15.0. The molecule has 31 heavy (non-hydrogen) atoms. The molecule has 158 valence electrons. The van der Waals surface area contributed by atoms with Crippen molar-refractivity contribution in [2.24, 2.45) is 0 Å². The lowest BCUT2D eigenvalue weighted by Gasteiger charge is -2.19. The minimum atomic E-state index is -0.712. The monoisotopic (exact) mass is 431 g/mol. The number of aromatic amines is 1. The first-order valence-corrected chi connectivity index (χ1v) is 11.2. The third-order valence-electron chi connectivity index (χ3n) is 5.29. The Morgan fingerprint density at radius 1 is 1.03 bits per heavy atom. The first-order valence-electron chi connectivity index (χ1n) is 10.3. The summed E-state index contributed by atoms with van der Waals surface area (Å²) in [6.07, 6.45) is 2.29. The second-order valence-corrected chi connectivity index (χ2v) is 8.78. The molecule has 0 saturated carbocycles. The number of benzene rings is 2. The molecular formula is C25H25N3O2S. The number of carbonyl (C=O) groups is 2. The van der Waals surface area contributed by atoms with Gasteiger partial charge in [0.1, 0.15) is 6.04 Å². The average Bonchev–Trinajstić information content (AvgIpc) is 3.44. The number of para-hydroxylation sites is 1. The SMILES string of the molecule is CC(C)c1cccc(NC(=O)[C@H](Cc2c[nH]c3ccccc23)NC(=O)c2cccs2)c1. The summed E-state index contributed by atoms with van der Waals surface area (Å²) in [5.74, 6) is -0.126. The number of fused-ring (bicyclic) bond motifs is 1. The molecule has 0 aliphatic carbocycles. The Hall–Kier alpha value is -3.38. The fourth-order valence-corrected chi connectivity index (χ4v) is 4.20. The van der Waals surface area contributed by atoms with E-state index in [1.807, 2.05) is 66.2 Å². The number of thiophene rings is 1. The van der Waals surface area contributed by atoms with Crippen LogP contribution in [0.4, 0.5) is 5.69 Å². The fourth-order valence-electron chi connectivity index (χ4n) is 3.57. The molecule has 4 rings (SSSR count). The smallest absolute Gasteiger partial charge is 0.262 e. The number of amides is 2. The van der Waals surface area contributed by atoms with Crippen LogP contribution in [-0.2, 0) is 11.2 Å². The number of hydrogen-bond donors (Lipinski definition) is 3. The lowest BCUT2D eigenvalue weighted by Crippen LogP contribution is -2.45. The highest BCUT2D eigenvalue weighted by atomic mass is 32.1. The standard InChI is InChI=1S/C25H25N3O2S/c1-16(2)17-7-5-8-19(13-17)27-24(29)22(28-25(30)23-11-6-12-31-23)14-18-15-26-21-10-4-3-9-20(18)21/h3-13,15-16,22,26H,14H2,1-2H3,(H,27,29)(H,28,30)/t22-/m0/s1. The Bertz CT molecular complexity index is 1190. The van der Waals surface area contributed by atoms with Crippen molar-refractivity contribution >= 4 is 39.7 Å². The molecule has 0 saturated heterocycles. The fraction of sp³-hybridized carbons (Fsp3) is 0.200. The highest BCUT2D eigenvalue weighted by Crippen LogP contribution is 2.21. The van der Waals surface area contributed by atoms with E-state index in [2.05, 4.69) is 29.5 Å². The van der Waals surface area contributed by atoms with E-state index in [9.17, 15) is 9.59 Å². The van der Waals surface area contributed by atoms with Crippen molar-refractivity contribution in [2.75, 3.05) is 5.32 Å². The van der Waals surface area contributed by atoms with E-state index in [4.69, 9.17) is 0 Å². The molecule has 3 N–H and O–H groups in total. The third-order valence-corrected chi connectivity index (χ3v) is 6.16. The van der Waals surface area contributed by atoms with E-state index in [0.717, 1.165) is 27.7 Å². The molecule has 1 atom stereocenters. The summed E-state index contributed by atoms with van der Waals surface area (Å²) in [7, 11) is 0. The van der Waals surface area contributed by atoms with Gasteiger partial charge in [-0.1, -0.05) is 50.2 Å². The topological polar surface area (TPSA) is 74.0 Å². The van der Waals surface area contributed by atoms with Gasteiger partial charge in [-0.15, -0.1) is 11.3 Å². The zero-order valence-corrected chi connectivity index (χ0v) is 18.3. The largest absolute Gasteiger partial charge is 0.361 e. The van der Waals surface area contributed by atoms with Crippen LogP contribution < -0.4 is 10.6 Å². The van der Waals surface area contributed by atoms with Crippen molar-refractivity contribution in [1.82, 2.24) is 10.3 Å². The van der Waals surface area contributed by atoms with Gasteiger partial charge in [-0.25, -0.2) is 0 Å². The van der Waals surface area contributed by atoms with Gasteiger partial charge in [-0.05, 0) is 46.7 Å². The normalized spacial score (nSPS) is 12.1. The number of rotatable bonds is 7. The van der Waals surface area contributed by atoms with E-state index in [1.54, 1.807) is 6.07 Å². The van der Waals surface area contributed by atoms with E-state index in [1.165, 1.54) is 11.3 Å². The molecule has 2 aromatic heterocycles. The highest BCUT2D eigenvalue weighted by molar-refractivity contribution is 7.12. The summed E-state index contributed by atoms with van der Waals surface area (Å²) in [5, 5.41) is 8.81. The molecule has 6 heteroatoms. The van der Waals surface area contributed by atoms with Crippen molar-refractivity contribution in [3.8, 4) is 0 Å². The van der Waals surface area contributed by atoms with Gasteiger partial charge in [-0.2, -0.15) is 0 Å². The predicted molar refractivity (Wildman–Crippen MR) is 127 cm³/mol. The van der Waals surface area contributed by atoms with Crippen molar-refractivity contribution < 1.29 is 9.59 Å². The maximum absolute atomic E-state index is 13.2. The molecule has 0 aliphatic heterocycles. The van der Waals surface area contributed by atoms with Gasteiger partial charge in [0.15, 0.2) is 0 Å². The minimum absolute atomic E-state index is 0.240. The van der Waals surface area contributed by atoms with Crippen LogP contribution in [0.3, 0.4) is 0 Å². The van der Waals surface area contributed by atoms with Crippen molar-refractivity contribution in [3.63, 3.8) is 0 Å². The van der Waals surface area contributed by atoms with Crippen molar-refractivity contribution in [2.45, 2.75) is 32.2 Å². The maximum Gasteiger partial charge on any atom is 0.262 e. The summed E-state index contributed by atoms with van der Waals surface area (Å²) in [4.78, 5) is 29.8. The Morgan fingerprint density at radius 3 is 2.65 bits per heavy atom. The summed E-state index contributed by atoms with van der Waals surface area (Å²) >= 11 is 1.35. The summed E-state index contributed by atoms with van der Waals surface area (Å²) in [5.41, 5.74) is 3.86. The lowest BCUT2D eigenvalue weighted by molar-refractivity contribution is -0.118. The number of anilines is 1. The quantitative estimate of drug-likeness (QED) is 0.370. The van der Waals surface area contributed by atoms with Crippen molar-refractivity contribution in [1.29, 1.82) is 0 Å². The van der Waals surface area contributed by atoms with E-state index in [0.29, 0.717) is 17.2 Å². The molecule has 0 bridgehead atoms. The molecule has 5 nitrogen and oxygen atoms in total. The maximum atomic E-state index is 13.2. The third kappa shape index (κ3) is 4.86. The van der Waals surface area contributed by atoms with Crippen LogP contribution in [0.15, 0.2) is 72.2 Å². The van der Waals surface area contributed by atoms with Gasteiger partial charge in [0.25, 0.3) is 5.91 Å². The van der Waals surface area contributed by atoms with Gasteiger partial charge in [0.2, 0.25) is 5.91 Å². The van der Waals surface area contributed by atoms with Gasteiger partial charge in [0, 0.05) is 29.2 Å². The molecular weight excluding hydrogens is 406 g/mol. The summed E-state index contributed by atoms with van der Waals surface area (Å²) in [6.45, 7) is 4.23. The molecule has 4 aromatic rings. The van der Waals surface area contributed by atoms with Gasteiger partial charge < -0.3 is 15.6 Å². The molecule has 0 fully saturated rings. The van der Waals surface area contributed by atoms with E-state index in [-0.39, 0.29) is 11.8 Å². The molecule has 2 amide bonds. The summed E-state index contributed by atoms with van der Waals surface area (Å²) < 4.78 is 0. The molecule has 2 heterocycles. The van der Waals surface area contributed by atoms with Gasteiger partial charge >= 0.3 is 0 Å². The number of H-pyrrole nitrogens is 1. The van der Waals surface area contributed by atoms with Crippen LogP contribution >= 0.6 is 11.3 Å². The lowest BCUT2D eigenvalue weighted by atomic mass is 10.0. The van der Waals surface area contributed by atoms with Crippen LogP contribution in [0, 0.1) is 0 Å². The van der Waals surface area contributed by atoms with Gasteiger partial charge in [-0.3, -0.25) is 9.59 Å². The van der Waals surface area contributed by atoms with E-state index >= 15 is 0 Å². The average molecular weight is 432 g/mol. The van der Waals surface area contributed by atoms with Crippen LogP contribution in [-0.4, -0.2) is 22.8 Å². The zero-order chi connectivity index (χ0) is 21.8. The Balaban J connectivity index is 1.58. The summed E-state index contributed by atoms with van der Waals surface area (Å²) in [6, 6.07) is 18.6. The van der Waals surface area contributed by atoms with Crippen LogP contribution in [0.1, 0.15) is 40.6 Å². The van der Waals surface area contributed by atoms with Crippen molar-refractivity contribution in [3.05, 3.63) is 88.2 Å². The number of aromatic nitrogens is 1. The number of hydrogen-bond acceptors (Lipinski definition) is 3. The Morgan fingerprint density at radius 2 is 1.87 bits per heavy atom. The Kier molecular flexibility index (Phi) is 6.18. The Labute approximate surface area is 185 Å². The van der Waals surface area contributed by atoms with Gasteiger partial charge in [0.05, 0.1) is 4.88 Å². The second-order valence-electron chi connectivity index (χ2n) is 7.84. The van der Waals surface area contributed by atoms with E-state index < -0.39 is 6.04 Å². The number of nitrogens with one attached hydrogen (secondary N) is 3. The molecule has 0 spiro atoms. The molecule has 0 unspecified atom stereocenters. The zero-order valence-electron chi connectivity index (χ0n) is 17.5. The second kappa shape index (κ2) is 9.18. The number of carbonyl (C=O) groups excluding carboxylic acids is 2. The minimum Gasteiger partial charge on any atom is -0.361 e. The molecule has 0 aliphatic rings. The van der Waals surface area contributed by atoms with Crippen LogP contribution in [0.2, 0.25) is 0 Å². The molecule has 2 aromatic carbocycles. The predicted octanol–water partition coefficient (Wildman–Crippen LogP) is 5.33. The first kappa shape index (κ1) is 20.9. The van der Waals surface area contributed by atoms with Crippen LogP contribution in [0.5, 0.6) is 0 Å². The molecule has 0 radical (unpaired) electrons.